The first-order chi connectivity index (χ1) is 11.6. The minimum atomic E-state index is -0.363. The molecular formula is C18H16FN3O2. The number of hydrogen-bond donors (Lipinski definition) is 1. The summed E-state index contributed by atoms with van der Waals surface area (Å²) in [7, 11) is 1.87. The summed E-state index contributed by atoms with van der Waals surface area (Å²) >= 11 is 0. The summed E-state index contributed by atoms with van der Waals surface area (Å²) in [6, 6.07) is 12.5. The van der Waals surface area contributed by atoms with Crippen LogP contribution in [0, 0.1) is 5.82 Å². The number of imidazole rings is 1. The molecule has 0 saturated carbocycles. The molecule has 0 saturated heterocycles. The highest BCUT2D eigenvalue weighted by molar-refractivity contribution is 5.94. The largest absolute Gasteiger partial charge is 0.457 e. The van der Waals surface area contributed by atoms with E-state index in [0.29, 0.717) is 23.6 Å². The van der Waals surface area contributed by atoms with Crippen molar-refractivity contribution in [2.75, 3.05) is 0 Å². The second-order valence-electron chi connectivity index (χ2n) is 5.22. The van der Waals surface area contributed by atoms with Gasteiger partial charge in [0.05, 0.1) is 6.54 Å². The van der Waals surface area contributed by atoms with Gasteiger partial charge in [0.2, 0.25) is 0 Å². The van der Waals surface area contributed by atoms with Gasteiger partial charge in [0.15, 0.2) is 0 Å². The molecular weight excluding hydrogens is 309 g/mol. The minimum absolute atomic E-state index is 0.199. The van der Waals surface area contributed by atoms with Crippen molar-refractivity contribution in [3.8, 4) is 11.5 Å². The minimum Gasteiger partial charge on any atom is -0.457 e. The molecule has 24 heavy (non-hydrogen) atoms. The van der Waals surface area contributed by atoms with Crippen molar-refractivity contribution in [3.05, 3.63) is 78.1 Å². The first kappa shape index (κ1) is 15.7. The van der Waals surface area contributed by atoms with Crippen LogP contribution in [0.3, 0.4) is 0 Å². The summed E-state index contributed by atoms with van der Waals surface area (Å²) in [6.07, 6.45) is 3.50. The molecule has 0 bridgehead atoms. The van der Waals surface area contributed by atoms with Gasteiger partial charge in [0.1, 0.15) is 23.1 Å². The van der Waals surface area contributed by atoms with Gasteiger partial charge >= 0.3 is 0 Å². The zero-order valence-electron chi connectivity index (χ0n) is 13.1. The van der Waals surface area contributed by atoms with Crippen LogP contribution in [0.1, 0.15) is 16.2 Å². The van der Waals surface area contributed by atoms with Crippen LogP contribution in [-0.2, 0) is 13.6 Å². The molecule has 2 aromatic carbocycles. The number of amides is 1. The van der Waals surface area contributed by atoms with E-state index < -0.39 is 0 Å². The number of ether oxygens (including phenoxy) is 1. The molecule has 0 spiro atoms. The van der Waals surface area contributed by atoms with Gasteiger partial charge in [-0.25, -0.2) is 9.37 Å². The molecule has 1 N–H and O–H groups in total. The summed E-state index contributed by atoms with van der Waals surface area (Å²) in [5.41, 5.74) is 0.510. The second kappa shape index (κ2) is 6.95. The molecule has 3 aromatic rings. The quantitative estimate of drug-likeness (QED) is 0.783. The highest BCUT2D eigenvalue weighted by Gasteiger charge is 2.07. The maximum Gasteiger partial charge on any atom is 0.251 e. The number of nitrogens with one attached hydrogen (secondary N) is 1. The second-order valence-corrected chi connectivity index (χ2v) is 5.22. The fraction of sp³-hybridized carbons (Fsp3) is 0.111. The van der Waals surface area contributed by atoms with Crippen molar-refractivity contribution < 1.29 is 13.9 Å². The molecule has 1 heterocycles. The van der Waals surface area contributed by atoms with Crippen molar-refractivity contribution in [1.29, 1.82) is 0 Å². The molecule has 5 nitrogen and oxygen atoms in total. The summed E-state index contributed by atoms with van der Waals surface area (Å²) in [5, 5.41) is 2.81. The number of rotatable bonds is 5. The van der Waals surface area contributed by atoms with Gasteiger partial charge in [0, 0.05) is 31.1 Å². The van der Waals surface area contributed by atoms with Crippen molar-refractivity contribution in [1.82, 2.24) is 14.9 Å². The maximum absolute atomic E-state index is 13.1. The zero-order valence-corrected chi connectivity index (χ0v) is 13.1. The van der Waals surface area contributed by atoms with Crippen molar-refractivity contribution in [3.63, 3.8) is 0 Å². The topological polar surface area (TPSA) is 56.2 Å². The van der Waals surface area contributed by atoms with Crippen molar-refractivity contribution in [2.24, 2.45) is 7.05 Å². The molecule has 1 aromatic heterocycles. The van der Waals surface area contributed by atoms with Crippen LogP contribution >= 0.6 is 0 Å². The van der Waals surface area contributed by atoms with Gasteiger partial charge in [-0.05, 0) is 36.4 Å². The van der Waals surface area contributed by atoms with Crippen LogP contribution in [-0.4, -0.2) is 15.5 Å². The highest BCUT2D eigenvalue weighted by Crippen LogP contribution is 2.22. The normalized spacial score (nSPS) is 10.4. The molecule has 0 atom stereocenters. The fourth-order valence-corrected chi connectivity index (χ4v) is 2.17. The number of halogens is 1. The van der Waals surface area contributed by atoms with Gasteiger partial charge in [-0.2, -0.15) is 0 Å². The van der Waals surface area contributed by atoms with Crippen LogP contribution in [0.25, 0.3) is 0 Å². The summed E-state index contributed by atoms with van der Waals surface area (Å²) in [6.45, 7) is 0.351. The van der Waals surface area contributed by atoms with Crippen LogP contribution in [0.2, 0.25) is 0 Å². The summed E-state index contributed by atoms with van der Waals surface area (Å²) in [5.74, 6) is 1.14. The predicted molar refractivity (Wildman–Crippen MR) is 87.3 cm³/mol. The van der Waals surface area contributed by atoms with Crippen LogP contribution in [0.5, 0.6) is 11.5 Å². The van der Waals surface area contributed by atoms with E-state index in [1.165, 1.54) is 12.1 Å². The Balaban J connectivity index is 1.61. The average molecular weight is 325 g/mol. The smallest absolute Gasteiger partial charge is 0.251 e. The van der Waals surface area contributed by atoms with E-state index >= 15 is 0 Å². The zero-order chi connectivity index (χ0) is 16.9. The Labute approximate surface area is 138 Å². The molecule has 0 unspecified atom stereocenters. The van der Waals surface area contributed by atoms with E-state index in [4.69, 9.17) is 4.74 Å². The summed E-state index contributed by atoms with van der Waals surface area (Å²) in [4.78, 5) is 16.3. The number of aromatic nitrogens is 2. The molecule has 1 amide bonds. The van der Waals surface area contributed by atoms with Gasteiger partial charge in [-0.1, -0.05) is 6.07 Å². The van der Waals surface area contributed by atoms with Gasteiger partial charge < -0.3 is 14.6 Å². The number of carbonyl (C=O) groups is 1. The van der Waals surface area contributed by atoms with Gasteiger partial charge in [-0.15, -0.1) is 0 Å². The predicted octanol–water partition coefficient (Wildman–Crippen LogP) is 3.28. The van der Waals surface area contributed by atoms with E-state index in [2.05, 4.69) is 10.3 Å². The third-order valence-corrected chi connectivity index (χ3v) is 3.48. The molecule has 0 radical (unpaired) electrons. The number of benzene rings is 2. The number of carbonyl (C=O) groups excluding carboxylic acids is 1. The molecule has 0 fully saturated rings. The van der Waals surface area contributed by atoms with Crippen molar-refractivity contribution >= 4 is 5.91 Å². The van der Waals surface area contributed by atoms with E-state index in [0.717, 1.165) is 5.82 Å². The number of hydrogen-bond acceptors (Lipinski definition) is 3. The van der Waals surface area contributed by atoms with Crippen molar-refractivity contribution in [2.45, 2.75) is 6.54 Å². The molecule has 0 aliphatic heterocycles. The monoisotopic (exact) mass is 325 g/mol. The Morgan fingerprint density at radius 2 is 2.00 bits per heavy atom. The average Bonchev–Trinajstić information content (AvgIpc) is 2.98. The molecule has 122 valence electrons. The van der Waals surface area contributed by atoms with E-state index in [1.807, 2.05) is 17.8 Å². The lowest BCUT2D eigenvalue weighted by molar-refractivity contribution is 0.0949. The van der Waals surface area contributed by atoms with Gasteiger partial charge in [-0.3, -0.25) is 4.79 Å². The maximum atomic E-state index is 13.1. The standard InChI is InChI=1S/C18H16FN3O2/c1-22-10-9-20-17(22)12-21-18(23)13-5-7-15(8-6-13)24-16-4-2-3-14(19)11-16/h2-11H,12H2,1H3,(H,21,23). The molecule has 0 aliphatic rings. The summed E-state index contributed by atoms with van der Waals surface area (Å²) < 4.78 is 20.5. The Kier molecular flexibility index (Phi) is 4.56. The Morgan fingerprint density at radius 3 is 2.67 bits per heavy atom. The lowest BCUT2D eigenvalue weighted by Gasteiger charge is -2.08. The van der Waals surface area contributed by atoms with E-state index in [1.54, 1.807) is 42.6 Å². The fourth-order valence-electron chi connectivity index (χ4n) is 2.17. The SMILES string of the molecule is Cn1ccnc1CNC(=O)c1ccc(Oc2cccc(F)c2)cc1. The lowest BCUT2D eigenvalue weighted by Crippen LogP contribution is -2.24. The third-order valence-electron chi connectivity index (χ3n) is 3.48. The van der Waals surface area contributed by atoms with E-state index in [-0.39, 0.29) is 11.7 Å². The Morgan fingerprint density at radius 1 is 1.21 bits per heavy atom. The van der Waals surface area contributed by atoms with Crippen LogP contribution in [0.15, 0.2) is 60.9 Å². The lowest BCUT2D eigenvalue weighted by atomic mass is 10.2. The van der Waals surface area contributed by atoms with Crippen LogP contribution < -0.4 is 10.1 Å². The third kappa shape index (κ3) is 3.78. The Hall–Kier alpha value is -3.15. The first-order valence-corrected chi connectivity index (χ1v) is 7.40. The van der Waals surface area contributed by atoms with Crippen LogP contribution in [0.4, 0.5) is 4.39 Å². The highest BCUT2D eigenvalue weighted by atomic mass is 19.1. The molecule has 3 rings (SSSR count). The number of nitrogens with zero attached hydrogens (tertiary/aromatic N) is 2. The Bertz CT molecular complexity index is 843. The number of aryl methyl sites for hydroxylation is 1. The first-order valence-electron chi connectivity index (χ1n) is 7.40. The molecule has 0 aliphatic carbocycles. The van der Waals surface area contributed by atoms with Gasteiger partial charge in [0.25, 0.3) is 5.91 Å². The van der Waals surface area contributed by atoms with E-state index in [9.17, 15) is 9.18 Å². The molecule has 6 heteroatoms.